The van der Waals surface area contributed by atoms with Gasteiger partial charge in [-0.2, -0.15) is 0 Å². The number of ketones is 1. The number of hydrogen-bond donors (Lipinski definition) is 16. The lowest BCUT2D eigenvalue weighted by Gasteiger charge is -2.31. The number of hydrogen-bond acceptors (Lipinski definition) is 25. The Labute approximate surface area is 799 Å². The number of aliphatic hydroxyl groups excluding tert-OH is 14. The fraction of sp³-hybridized carbons (Fsp3) is 0.990. The molecule has 0 aliphatic heterocycles. The van der Waals surface area contributed by atoms with Crippen molar-refractivity contribution in [3.63, 3.8) is 0 Å². The molecule has 0 aromatic rings. The summed E-state index contributed by atoms with van der Waals surface area (Å²) in [6.45, 7) is 96.4. The molecule has 0 spiro atoms. The molecule has 0 saturated carbocycles. The average molecular weight is 1880 g/mol. The van der Waals surface area contributed by atoms with Crippen LogP contribution >= 0.6 is 0 Å². The summed E-state index contributed by atoms with van der Waals surface area (Å²) in [5.41, 5.74) is -0.748. The van der Waals surface area contributed by atoms with Crippen LogP contribution in [0.5, 0.6) is 0 Å². The highest BCUT2D eigenvalue weighted by molar-refractivity contribution is 5.82. The molecule has 796 valence electrons. The molecule has 16 N–H and O–H groups in total. The molecule has 0 aliphatic rings. The molecule has 0 heterocycles. The van der Waals surface area contributed by atoms with Crippen molar-refractivity contribution in [2.45, 2.75) is 502 Å². The van der Waals surface area contributed by atoms with Gasteiger partial charge in [-0.25, -0.2) is 0 Å². The van der Waals surface area contributed by atoms with E-state index in [9.17, 15) is 25.2 Å². The van der Waals surface area contributed by atoms with E-state index in [1.807, 2.05) is 201 Å². The van der Waals surface area contributed by atoms with Gasteiger partial charge in [-0.3, -0.25) is 4.79 Å². The van der Waals surface area contributed by atoms with Crippen LogP contribution in [0.4, 0.5) is 0 Å². The second-order valence-corrected chi connectivity index (χ2v) is 47.8. The molecule has 9 atom stereocenters. The van der Waals surface area contributed by atoms with Crippen molar-refractivity contribution in [3.05, 3.63) is 0 Å². The maximum absolute atomic E-state index is 11.4. The molecule has 0 bridgehead atoms. The number of unbranched alkanes of at least 4 members (excludes halogenated alkanes) is 2. The van der Waals surface area contributed by atoms with Crippen molar-refractivity contribution >= 4 is 5.78 Å². The molecule has 129 heavy (non-hydrogen) atoms. The Balaban J connectivity index is -0.000000116. The van der Waals surface area contributed by atoms with E-state index < -0.39 is 42.0 Å². The van der Waals surface area contributed by atoms with Crippen LogP contribution in [-0.4, -0.2) is 292 Å². The summed E-state index contributed by atoms with van der Waals surface area (Å²) in [7, 11) is 3.93. The highest BCUT2D eigenvalue weighted by atomic mass is 16.5. The van der Waals surface area contributed by atoms with Crippen LogP contribution in [-0.2, 0) is 42.7 Å². The predicted molar refractivity (Wildman–Crippen MR) is 545 cm³/mol. The van der Waals surface area contributed by atoms with Crippen molar-refractivity contribution < 1.29 is 114 Å². The SMILES string of the molecule is CC(C)(C)C(O)CO.CC(C)(C)CCC(O)CO.CC(C)(C)OCC(CO)(CO)CO.CC(C)(C)OCC(O)C(C)(C)C.CCC(CO)COC(C)(C)C.CCC(CO)OC(C)(C)C.CCC(O)COC(C)(C)C.CCC(O)COCC(O)COC(C)(C)C.CCCCC(=O)C(O)CCC(C)(C)C.CCCCC(C)(C)C.CNCCCC(C)(C)C.CNCCOC(C)(C)C. The maximum Gasteiger partial charge on any atom is 0.161 e. The summed E-state index contributed by atoms with van der Waals surface area (Å²) in [6, 6.07) is 0. The topological polar surface area (TPSA) is 398 Å². The lowest BCUT2D eigenvalue weighted by atomic mass is 9.88. The first kappa shape index (κ1) is 153. The van der Waals surface area contributed by atoms with Gasteiger partial charge in [0.05, 0.1) is 174 Å². The molecule has 9 unspecified atom stereocenters. The first-order valence-corrected chi connectivity index (χ1v) is 48.7. The number of ether oxygens (including phenoxy) is 8. The largest absolute Gasteiger partial charge is 0.396 e. The number of likely N-dealkylation sites (N-methyl/N-ethyl adjacent to an activating group) is 1. The van der Waals surface area contributed by atoms with Gasteiger partial charge in [0.15, 0.2) is 5.78 Å². The predicted octanol–water partition coefficient (Wildman–Crippen LogP) is 18.6. The van der Waals surface area contributed by atoms with Crippen LogP contribution in [0, 0.1) is 43.8 Å². The van der Waals surface area contributed by atoms with E-state index in [4.69, 9.17) is 89.0 Å². The average Bonchev–Trinajstić information content (AvgIpc) is 0.877. The van der Waals surface area contributed by atoms with Crippen LogP contribution in [0.1, 0.15) is 414 Å². The fourth-order valence-corrected chi connectivity index (χ4v) is 8.14. The van der Waals surface area contributed by atoms with Crippen molar-refractivity contribution in [1.29, 1.82) is 0 Å². The summed E-state index contributed by atoms with van der Waals surface area (Å²) in [6.07, 6.45) is 11.9. The zero-order valence-electron chi connectivity index (χ0n) is 94.0. The van der Waals surface area contributed by atoms with E-state index in [0.29, 0.717) is 62.3 Å². The fourth-order valence-electron chi connectivity index (χ4n) is 8.14. The summed E-state index contributed by atoms with van der Waals surface area (Å²) >= 11 is 0. The summed E-state index contributed by atoms with van der Waals surface area (Å²) in [5.74, 6) is 0.310. The molecule has 25 heteroatoms. The normalized spacial score (nSPS) is 14.6. The van der Waals surface area contributed by atoms with Gasteiger partial charge in [0.25, 0.3) is 0 Å². The van der Waals surface area contributed by atoms with Crippen LogP contribution in [0.2, 0.25) is 0 Å². The number of nitrogens with one attached hydrogen (secondary N) is 2. The first-order chi connectivity index (χ1) is 57.8. The minimum Gasteiger partial charge on any atom is -0.396 e. The Bertz CT molecular complexity index is 2250. The molecule has 0 radical (unpaired) electrons. The van der Waals surface area contributed by atoms with E-state index >= 15 is 0 Å². The Morgan fingerprint density at radius 3 is 0.938 bits per heavy atom. The highest BCUT2D eigenvalue weighted by Crippen LogP contribution is 2.27. The molecule has 0 aromatic heterocycles. The molecule has 0 aromatic carbocycles. The Hall–Kier alpha value is -1.29. The summed E-state index contributed by atoms with van der Waals surface area (Å²) in [4.78, 5) is 11.4. The van der Waals surface area contributed by atoms with E-state index in [1.165, 1.54) is 32.1 Å². The lowest BCUT2D eigenvalue weighted by molar-refractivity contribution is -0.127. The quantitative estimate of drug-likeness (QED) is 0.0252. The van der Waals surface area contributed by atoms with Crippen molar-refractivity contribution in [1.82, 2.24) is 10.6 Å². The summed E-state index contributed by atoms with van der Waals surface area (Å²) in [5, 5.41) is 132. The minimum atomic E-state index is -0.923. The summed E-state index contributed by atoms with van der Waals surface area (Å²) < 4.78 is 43.1. The van der Waals surface area contributed by atoms with E-state index in [2.05, 4.69) is 135 Å². The molecular formula is C104H232N2O23. The second-order valence-electron chi connectivity index (χ2n) is 47.8. The molecule has 0 aliphatic carbocycles. The molecule has 0 amide bonds. The second kappa shape index (κ2) is 82.6. The molecular weight excluding hydrogens is 1650 g/mol. The van der Waals surface area contributed by atoms with E-state index in [0.717, 1.165) is 64.6 Å². The van der Waals surface area contributed by atoms with Crippen molar-refractivity contribution in [2.24, 2.45) is 43.8 Å². The lowest BCUT2D eigenvalue weighted by Crippen LogP contribution is -2.41. The van der Waals surface area contributed by atoms with Gasteiger partial charge in [0.1, 0.15) is 12.2 Å². The zero-order chi connectivity index (χ0) is 105. The maximum atomic E-state index is 11.4. The van der Waals surface area contributed by atoms with E-state index in [1.54, 1.807) is 0 Å². The molecule has 25 nitrogen and oxygen atoms in total. The standard InChI is InChI=1S/C12H24O2.C11H24O4.C10H22O2.C9H20O4.C9H20O2.C8H19N.3C8H18O2.C8H18.C7H17NO.C6H14O2/c1-5-6-7-10(13)11(14)8-9-12(2,3)4;1-5-9(12)6-14-7-10(13)8-15-11(2,3)4;1-9(2,3)8(11)7-12-10(4,5)6;1-8(2,3)13-7-9(4-10,5-11)6-12;1-5-8(6-10)7-11-9(2,3)4;1-8(2,3)6-5-7-9-4;1-8(2,3)5-4-7(10)6-9;1-5-7(9)6-10-8(2,3)4;1-5-7(6-9)10-8(2,3)4;1-5-6-7-8(2,3)4;1-7(2,3)9-6-5-8-4;1-6(2,3)5(8)4-7/h11,14H,5-9H2,1-4H3;9-10,12-13H,5-8H2,1-4H3;8,11H,7H2,1-6H3;10-12H,4-7H2,1-3H3;8,10H,5-7H2,1-4H3;9H,5-7H2,1-4H3;7,9-10H,4-6H2,1-3H3;2*7,9H,5-6H2,1-4H3;5-7H2,1-4H3;8H,5-6H2,1-4H3;5,7-8H,4H2,1-3H3. The number of carbonyl (C=O) groups is 1. The molecule has 0 saturated heterocycles. The smallest absolute Gasteiger partial charge is 0.161 e. The van der Waals surface area contributed by atoms with Crippen molar-refractivity contribution in [2.75, 3.05) is 126 Å². The van der Waals surface area contributed by atoms with Crippen LogP contribution in [0.25, 0.3) is 0 Å². The van der Waals surface area contributed by atoms with Gasteiger partial charge in [-0.1, -0.05) is 185 Å². The molecule has 0 fully saturated rings. The minimum absolute atomic E-state index is 0.000000000000000444. The van der Waals surface area contributed by atoms with Crippen molar-refractivity contribution in [3.8, 4) is 0 Å². The van der Waals surface area contributed by atoms with Gasteiger partial charge in [0, 0.05) is 25.5 Å². The number of aliphatic hydroxyl groups is 14. The van der Waals surface area contributed by atoms with Gasteiger partial charge in [-0.15, -0.1) is 0 Å². The number of rotatable bonds is 42. The zero-order valence-corrected chi connectivity index (χ0v) is 94.0. The third kappa shape index (κ3) is 150. The number of Topliss-reactive ketones (excluding diaryl/α,β-unsaturated/α-hetero) is 1. The van der Waals surface area contributed by atoms with Crippen LogP contribution < -0.4 is 10.6 Å². The van der Waals surface area contributed by atoms with Crippen LogP contribution in [0.15, 0.2) is 0 Å². The Morgan fingerprint density at radius 1 is 0.318 bits per heavy atom. The van der Waals surface area contributed by atoms with Gasteiger partial charge in [-0.05, 0) is 276 Å². The van der Waals surface area contributed by atoms with Gasteiger partial charge < -0.3 is 120 Å². The Kier molecular flexibility index (Phi) is 98.0. The highest BCUT2D eigenvalue weighted by Gasteiger charge is 2.31. The molecule has 0 rings (SSSR count). The Morgan fingerprint density at radius 2 is 0.667 bits per heavy atom. The van der Waals surface area contributed by atoms with Gasteiger partial charge >= 0.3 is 0 Å². The third-order valence-corrected chi connectivity index (χ3v) is 17.7. The monoisotopic (exact) mass is 1880 g/mol. The first-order valence-electron chi connectivity index (χ1n) is 48.7. The van der Waals surface area contributed by atoms with E-state index in [-0.39, 0.29) is 152 Å². The van der Waals surface area contributed by atoms with Gasteiger partial charge in [0.2, 0.25) is 0 Å². The third-order valence-electron chi connectivity index (χ3n) is 17.7. The number of carbonyl (C=O) groups excluding carboxylic acids is 1. The van der Waals surface area contributed by atoms with Crippen LogP contribution in [0.3, 0.4) is 0 Å².